The first-order valence-electron chi connectivity index (χ1n) is 10.6. The van der Waals surface area contributed by atoms with Crippen LogP contribution in [0.15, 0.2) is 41.6 Å². The number of piperazine rings is 1. The largest absolute Gasteiger partial charge is 0.340 e. The minimum Gasteiger partial charge on any atom is -0.340 e. The van der Waals surface area contributed by atoms with Crippen LogP contribution >= 0.6 is 0 Å². The van der Waals surface area contributed by atoms with Gasteiger partial charge in [0.1, 0.15) is 10.7 Å². The summed E-state index contributed by atoms with van der Waals surface area (Å²) in [5.41, 5.74) is 1.05. The van der Waals surface area contributed by atoms with E-state index in [4.69, 9.17) is 0 Å². The second kappa shape index (κ2) is 9.05. The number of hydrogen-bond acceptors (Lipinski definition) is 5. The monoisotopic (exact) mass is 449 g/mol. The molecule has 0 N–H and O–H groups in total. The van der Waals surface area contributed by atoms with E-state index in [9.17, 15) is 17.6 Å². The molecule has 2 aliphatic heterocycles. The number of carbonyl (C=O) groups excluding carboxylic acids is 1. The van der Waals surface area contributed by atoms with Gasteiger partial charge >= 0.3 is 0 Å². The standard InChI is InChI=1S/C21H28FN5O3S/c1-24-16-20(13-23-24)31(29,30)27-8-2-3-18(15-27)21(28)26-11-9-25(10-12-26)14-17-4-6-19(22)7-5-17/h4-7,13,16,18H,2-3,8-12,14-15H2,1H3. The molecule has 0 radical (unpaired) electrons. The Kier molecular flexibility index (Phi) is 6.40. The van der Waals surface area contributed by atoms with Crippen molar-refractivity contribution in [3.05, 3.63) is 48.0 Å². The third-order valence-corrected chi connectivity index (χ3v) is 7.87. The molecule has 0 aliphatic carbocycles. The van der Waals surface area contributed by atoms with Gasteiger partial charge in [0.15, 0.2) is 0 Å². The van der Waals surface area contributed by atoms with E-state index in [1.54, 1.807) is 19.2 Å². The van der Waals surface area contributed by atoms with Crippen LogP contribution in [0, 0.1) is 11.7 Å². The van der Waals surface area contributed by atoms with Crippen LogP contribution in [0.2, 0.25) is 0 Å². The van der Waals surface area contributed by atoms with E-state index < -0.39 is 10.0 Å². The minimum atomic E-state index is -3.64. The highest BCUT2D eigenvalue weighted by Gasteiger charge is 2.36. The van der Waals surface area contributed by atoms with Crippen LogP contribution in [-0.4, -0.2) is 77.5 Å². The molecular weight excluding hydrogens is 421 g/mol. The number of benzene rings is 1. The molecule has 0 spiro atoms. The maximum atomic E-state index is 13.1. The summed E-state index contributed by atoms with van der Waals surface area (Å²) in [7, 11) is -1.96. The van der Waals surface area contributed by atoms with Crippen LogP contribution in [0.25, 0.3) is 0 Å². The van der Waals surface area contributed by atoms with Crippen LogP contribution in [0.4, 0.5) is 4.39 Å². The Labute approximate surface area is 182 Å². The molecule has 1 amide bonds. The Morgan fingerprint density at radius 1 is 1.13 bits per heavy atom. The zero-order chi connectivity index (χ0) is 22.0. The van der Waals surface area contributed by atoms with Crippen molar-refractivity contribution in [2.45, 2.75) is 24.3 Å². The third-order valence-electron chi connectivity index (χ3n) is 6.06. The lowest BCUT2D eigenvalue weighted by atomic mass is 9.97. The first-order valence-corrected chi connectivity index (χ1v) is 12.0. The highest BCUT2D eigenvalue weighted by atomic mass is 32.2. The molecule has 2 saturated heterocycles. The number of halogens is 1. The van der Waals surface area contributed by atoms with Gasteiger partial charge in [0.05, 0.1) is 12.1 Å². The average Bonchev–Trinajstić information content (AvgIpc) is 3.23. The topological polar surface area (TPSA) is 78.8 Å². The van der Waals surface area contributed by atoms with Crippen LogP contribution in [0.3, 0.4) is 0 Å². The van der Waals surface area contributed by atoms with E-state index in [-0.39, 0.29) is 29.1 Å². The van der Waals surface area contributed by atoms with Gasteiger partial charge in [-0.2, -0.15) is 9.40 Å². The number of piperidine rings is 1. The van der Waals surface area contributed by atoms with E-state index in [1.165, 1.54) is 33.5 Å². The number of rotatable bonds is 5. The van der Waals surface area contributed by atoms with Gasteiger partial charge in [0, 0.05) is 59.1 Å². The van der Waals surface area contributed by atoms with Crippen molar-refractivity contribution in [1.82, 2.24) is 23.9 Å². The summed E-state index contributed by atoms with van der Waals surface area (Å²) in [6.45, 7) is 4.08. The predicted molar refractivity (Wildman–Crippen MR) is 113 cm³/mol. The third kappa shape index (κ3) is 4.97. The molecule has 2 aromatic rings. The van der Waals surface area contributed by atoms with Crippen molar-refractivity contribution in [3.8, 4) is 0 Å². The fraction of sp³-hybridized carbons (Fsp3) is 0.524. The van der Waals surface area contributed by atoms with Gasteiger partial charge < -0.3 is 4.90 Å². The Morgan fingerprint density at radius 3 is 2.48 bits per heavy atom. The van der Waals surface area contributed by atoms with E-state index in [1.807, 2.05) is 4.90 Å². The van der Waals surface area contributed by atoms with Crippen molar-refractivity contribution < 1.29 is 17.6 Å². The number of amides is 1. The van der Waals surface area contributed by atoms with E-state index >= 15 is 0 Å². The van der Waals surface area contributed by atoms with Crippen molar-refractivity contribution in [3.63, 3.8) is 0 Å². The zero-order valence-electron chi connectivity index (χ0n) is 17.7. The van der Waals surface area contributed by atoms with Crippen LogP contribution in [0.1, 0.15) is 18.4 Å². The molecule has 31 heavy (non-hydrogen) atoms. The van der Waals surface area contributed by atoms with Gasteiger partial charge in [-0.3, -0.25) is 14.4 Å². The summed E-state index contributed by atoms with van der Waals surface area (Å²) < 4.78 is 41.8. The number of hydrogen-bond donors (Lipinski definition) is 0. The molecule has 0 bridgehead atoms. The van der Waals surface area contributed by atoms with Crippen molar-refractivity contribution in [2.75, 3.05) is 39.3 Å². The summed E-state index contributed by atoms with van der Waals surface area (Å²) in [6, 6.07) is 6.49. The lowest BCUT2D eigenvalue weighted by Crippen LogP contribution is -2.52. The average molecular weight is 450 g/mol. The lowest BCUT2D eigenvalue weighted by Gasteiger charge is -2.38. The molecule has 10 heteroatoms. The molecule has 2 aliphatic rings. The SMILES string of the molecule is Cn1cc(S(=O)(=O)N2CCCC(C(=O)N3CCN(Cc4ccc(F)cc4)CC3)C2)cn1. The molecule has 1 atom stereocenters. The highest BCUT2D eigenvalue weighted by molar-refractivity contribution is 7.89. The van der Waals surface area contributed by atoms with Crippen LogP contribution in [0.5, 0.6) is 0 Å². The van der Waals surface area contributed by atoms with Crippen molar-refractivity contribution in [2.24, 2.45) is 13.0 Å². The molecule has 3 heterocycles. The van der Waals surface area contributed by atoms with Gasteiger partial charge in [0.2, 0.25) is 15.9 Å². The molecule has 2 fully saturated rings. The molecular formula is C21H28FN5O3S. The van der Waals surface area contributed by atoms with Crippen LogP contribution in [-0.2, 0) is 28.4 Å². The van der Waals surface area contributed by atoms with Crippen molar-refractivity contribution >= 4 is 15.9 Å². The highest BCUT2D eigenvalue weighted by Crippen LogP contribution is 2.25. The minimum absolute atomic E-state index is 0.0347. The fourth-order valence-corrected chi connectivity index (χ4v) is 5.79. The maximum absolute atomic E-state index is 13.1. The molecule has 8 nitrogen and oxygen atoms in total. The summed E-state index contributed by atoms with van der Waals surface area (Å²) in [5.74, 6) is -0.525. The Balaban J connectivity index is 1.33. The van der Waals surface area contributed by atoms with E-state index in [2.05, 4.69) is 10.00 Å². The van der Waals surface area contributed by atoms with Gasteiger partial charge in [0.25, 0.3) is 0 Å². The Morgan fingerprint density at radius 2 is 1.84 bits per heavy atom. The quantitative estimate of drug-likeness (QED) is 0.688. The van der Waals surface area contributed by atoms with E-state index in [0.29, 0.717) is 32.5 Å². The Hall–Kier alpha value is -2.30. The fourth-order valence-electron chi connectivity index (χ4n) is 4.28. The summed E-state index contributed by atoms with van der Waals surface area (Å²) >= 11 is 0. The summed E-state index contributed by atoms with van der Waals surface area (Å²) in [5, 5.41) is 3.96. The predicted octanol–water partition coefficient (Wildman–Crippen LogP) is 1.30. The summed E-state index contributed by atoms with van der Waals surface area (Å²) in [4.78, 5) is 17.4. The first kappa shape index (κ1) is 21.9. The number of carbonyl (C=O) groups is 1. The molecule has 168 valence electrons. The zero-order valence-corrected chi connectivity index (χ0v) is 18.5. The normalized spacial score (nSPS) is 21.4. The Bertz CT molecular complexity index is 1020. The maximum Gasteiger partial charge on any atom is 0.246 e. The molecule has 1 aromatic heterocycles. The molecule has 0 saturated carbocycles. The molecule has 1 aromatic carbocycles. The summed E-state index contributed by atoms with van der Waals surface area (Å²) in [6.07, 6.45) is 4.20. The van der Waals surface area contributed by atoms with Crippen LogP contribution < -0.4 is 0 Å². The van der Waals surface area contributed by atoms with Gasteiger partial charge in [-0.25, -0.2) is 12.8 Å². The molecule has 4 rings (SSSR count). The van der Waals surface area contributed by atoms with Gasteiger partial charge in [-0.15, -0.1) is 0 Å². The molecule has 1 unspecified atom stereocenters. The number of nitrogens with zero attached hydrogens (tertiary/aromatic N) is 5. The smallest absolute Gasteiger partial charge is 0.246 e. The number of sulfonamides is 1. The lowest BCUT2D eigenvalue weighted by molar-refractivity contribution is -0.138. The second-order valence-corrected chi connectivity index (χ2v) is 10.2. The second-order valence-electron chi connectivity index (χ2n) is 8.28. The van der Waals surface area contributed by atoms with Gasteiger partial charge in [-0.1, -0.05) is 12.1 Å². The van der Waals surface area contributed by atoms with E-state index in [0.717, 1.165) is 25.2 Å². The number of aryl methyl sites for hydroxylation is 1. The first-order chi connectivity index (χ1) is 14.8. The van der Waals surface area contributed by atoms with Crippen molar-refractivity contribution in [1.29, 1.82) is 0 Å². The van der Waals surface area contributed by atoms with Gasteiger partial charge in [-0.05, 0) is 30.5 Å². The number of aromatic nitrogens is 2.